The van der Waals surface area contributed by atoms with Crippen molar-refractivity contribution in [3.05, 3.63) is 64.1 Å². The van der Waals surface area contributed by atoms with Crippen LogP contribution in [0.4, 0.5) is 11.5 Å². The Morgan fingerprint density at radius 1 is 0.780 bits per heavy atom. The fourth-order valence-electron chi connectivity index (χ4n) is 7.46. The van der Waals surface area contributed by atoms with Crippen LogP contribution in [-0.2, 0) is 65.1 Å². The first-order valence-corrected chi connectivity index (χ1v) is 24.8. The van der Waals surface area contributed by atoms with Crippen molar-refractivity contribution in [1.82, 2.24) is 40.5 Å². The zero-order chi connectivity index (χ0) is 42.7. The number of hydrogen-bond acceptors (Lipinski definition) is 13. The lowest BCUT2D eigenvalue weighted by Gasteiger charge is -2.22. The van der Waals surface area contributed by atoms with E-state index >= 15 is 0 Å². The van der Waals surface area contributed by atoms with E-state index in [1.54, 1.807) is 19.1 Å². The Balaban J connectivity index is 0.000000213. The van der Waals surface area contributed by atoms with E-state index in [4.69, 9.17) is 11.6 Å². The van der Waals surface area contributed by atoms with Crippen LogP contribution in [0.1, 0.15) is 53.8 Å². The maximum atomic E-state index is 12.7. The lowest BCUT2D eigenvalue weighted by molar-refractivity contribution is -0.126. The SMILES string of the molecule is CS(=O)(=O)CCCNC(=O)C1CCc2[nH]c3ncnc(Cl)c3c2C1.Cc1ccc(Nc2ncnc3[nH]c4c(c23)CC(C(=O)NCCCS(C)(=O)=O)CC4)cc1S(=O)(=O)O. The molecule has 5 aromatic rings. The number of hydrogen-bond donors (Lipinski definition) is 6. The number of carbonyl (C=O) groups excluding carboxylic acids is 2. The standard InChI is InChI=1S/C22H27N5O6S2.C15H19ClN4O3S/c1-13-4-6-15(11-18(13)35(31,32)33)26-20-19-16-10-14(22(28)23-8-3-9-34(2,29)30)5-7-17(16)27-21(19)25-12-24-20;1-24(22,23)6-2-5-17-15(21)9-3-4-11-10(7-9)12-13(16)18-8-19-14(12)20-11/h4,6,11-12,14H,3,5,7-10H2,1-2H3,(H,23,28)(H,31,32,33)(H2,24,25,26,27);8-9H,2-7H2,1H3,(H,17,21)(H,18,19,20). The van der Waals surface area contributed by atoms with Crippen LogP contribution in [0.25, 0.3) is 22.1 Å². The molecule has 4 heterocycles. The molecular weight excluding hydrogens is 846 g/mol. The second-order valence-corrected chi connectivity index (χ2v) is 21.3. The third kappa shape index (κ3) is 11.1. The van der Waals surface area contributed by atoms with Gasteiger partial charge in [0.1, 0.15) is 54.6 Å². The van der Waals surface area contributed by atoms with E-state index in [1.807, 2.05) is 0 Å². The van der Waals surface area contributed by atoms with Crippen LogP contribution in [0.15, 0.2) is 35.7 Å². The molecule has 1 aromatic carbocycles. The van der Waals surface area contributed by atoms with Crippen molar-refractivity contribution in [1.29, 1.82) is 0 Å². The largest absolute Gasteiger partial charge is 0.356 e. The van der Waals surface area contributed by atoms with Crippen LogP contribution in [0, 0.1) is 18.8 Å². The molecule has 22 heteroatoms. The van der Waals surface area contributed by atoms with Crippen molar-refractivity contribution in [2.45, 2.75) is 63.2 Å². The normalized spacial score (nSPS) is 16.8. The van der Waals surface area contributed by atoms with Gasteiger partial charge in [0.25, 0.3) is 10.1 Å². The highest BCUT2D eigenvalue weighted by Crippen LogP contribution is 2.36. The average molecular weight is 892 g/mol. The Morgan fingerprint density at radius 3 is 1.81 bits per heavy atom. The Kier molecular flexibility index (Phi) is 13.3. The Labute approximate surface area is 346 Å². The van der Waals surface area contributed by atoms with Crippen molar-refractivity contribution in [2.75, 3.05) is 42.4 Å². The lowest BCUT2D eigenvalue weighted by Crippen LogP contribution is -2.35. The van der Waals surface area contributed by atoms with Crippen LogP contribution in [0.5, 0.6) is 0 Å². The van der Waals surface area contributed by atoms with E-state index in [-0.39, 0.29) is 40.1 Å². The van der Waals surface area contributed by atoms with Crippen LogP contribution >= 0.6 is 11.6 Å². The molecule has 318 valence electrons. The summed E-state index contributed by atoms with van der Waals surface area (Å²) >= 11 is 6.18. The highest BCUT2D eigenvalue weighted by atomic mass is 35.5. The van der Waals surface area contributed by atoms with Gasteiger partial charge < -0.3 is 25.9 Å². The topological polar surface area (TPSA) is 276 Å². The summed E-state index contributed by atoms with van der Waals surface area (Å²) in [5.74, 6) is -0.0407. The minimum atomic E-state index is -4.39. The van der Waals surface area contributed by atoms with Gasteiger partial charge in [0.2, 0.25) is 11.8 Å². The molecule has 0 fully saturated rings. The first-order chi connectivity index (χ1) is 27.8. The van der Waals surface area contributed by atoms with Crippen molar-refractivity contribution in [3.63, 3.8) is 0 Å². The molecule has 2 atom stereocenters. The third-order valence-corrected chi connectivity index (χ3v) is 13.7. The van der Waals surface area contributed by atoms with Gasteiger partial charge in [-0.2, -0.15) is 8.42 Å². The number of halogens is 1. The van der Waals surface area contributed by atoms with Crippen LogP contribution in [-0.4, -0.2) is 109 Å². The molecule has 2 unspecified atom stereocenters. The number of aromatic amines is 2. The molecule has 4 aromatic heterocycles. The number of amides is 2. The molecule has 0 saturated carbocycles. The minimum Gasteiger partial charge on any atom is -0.356 e. The summed E-state index contributed by atoms with van der Waals surface area (Å²) in [6.45, 7) is 2.25. The average Bonchev–Trinajstić information content (AvgIpc) is 3.73. The highest BCUT2D eigenvalue weighted by Gasteiger charge is 2.30. The smallest absolute Gasteiger partial charge is 0.294 e. The summed E-state index contributed by atoms with van der Waals surface area (Å²) in [6.07, 6.45) is 9.77. The number of sulfone groups is 2. The molecule has 2 aliphatic carbocycles. The van der Waals surface area contributed by atoms with Gasteiger partial charge >= 0.3 is 0 Å². The van der Waals surface area contributed by atoms with E-state index in [0.717, 1.165) is 40.7 Å². The fourth-order valence-corrected chi connectivity index (χ4v) is 9.79. The van der Waals surface area contributed by atoms with E-state index in [0.29, 0.717) is 90.5 Å². The Morgan fingerprint density at radius 2 is 1.29 bits per heavy atom. The molecule has 18 nitrogen and oxygen atoms in total. The second-order valence-electron chi connectivity index (χ2n) is 15.0. The van der Waals surface area contributed by atoms with E-state index in [1.165, 1.54) is 31.2 Å². The number of aryl methyl sites for hydroxylation is 3. The molecule has 6 N–H and O–H groups in total. The van der Waals surface area contributed by atoms with Gasteiger partial charge in [-0.3, -0.25) is 14.1 Å². The van der Waals surface area contributed by atoms with Crippen molar-refractivity contribution < 1.29 is 39.4 Å². The molecule has 0 spiro atoms. The highest BCUT2D eigenvalue weighted by molar-refractivity contribution is 7.90. The quantitative estimate of drug-likeness (QED) is 0.0563. The predicted octanol–water partition coefficient (Wildman–Crippen LogP) is 3.18. The molecule has 2 amide bonds. The number of carbonyl (C=O) groups is 2. The van der Waals surface area contributed by atoms with Crippen molar-refractivity contribution in [3.8, 4) is 0 Å². The summed E-state index contributed by atoms with van der Waals surface area (Å²) in [4.78, 5) is 48.3. The number of fused-ring (bicyclic) bond motifs is 6. The van der Waals surface area contributed by atoms with Gasteiger partial charge in [0, 0.05) is 54.5 Å². The number of nitrogens with zero attached hydrogens (tertiary/aromatic N) is 4. The van der Waals surface area contributed by atoms with Gasteiger partial charge in [-0.1, -0.05) is 17.7 Å². The predicted molar refractivity (Wildman–Crippen MR) is 223 cm³/mol. The minimum absolute atomic E-state index is 0.0230. The van der Waals surface area contributed by atoms with Gasteiger partial charge in [-0.05, 0) is 87.1 Å². The molecule has 0 saturated heterocycles. The molecular formula is C37H46ClN9O9S3. The molecule has 0 aliphatic heterocycles. The number of H-pyrrole nitrogens is 2. The molecule has 7 rings (SSSR count). The van der Waals surface area contributed by atoms with E-state index < -0.39 is 29.8 Å². The summed E-state index contributed by atoms with van der Waals surface area (Å²) in [5, 5.41) is 10.7. The number of anilines is 2. The monoisotopic (exact) mass is 891 g/mol. The number of nitrogens with one attached hydrogen (secondary N) is 5. The van der Waals surface area contributed by atoms with E-state index in [9.17, 15) is 39.4 Å². The lowest BCUT2D eigenvalue weighted by atomic mass is 9.86. The first kappa shape index (κ1) is 43.9. The first-order valence-electron chi connectivity index (χ1n) is 18.9. The fraction of sp³-hybridized carbons (Fsp3) is 0.459. The number of aromatic nitrogens is 6. The molecule has 0 radical (unpaired) electrons. The summed E-state index contributed by atoms with van der Waals surface area (Å²) < 4.78 is 77.7. The zero-order valence-electron chi connectivity index (χ0n) is 32.6. The maximum Gasteiger partial charge on any atom is 0.294 e. The van der Waals surface area contributed by atoms with Crippen LogP contribution in [0.2, 0.25) is 5.15 Å². The summed E-state index contributed by atoms with van der Waals surface area (Å²) in [7, 11) is -10.4. The number of benzene rings is 1. The summed E-state index contributed by atoms with van der Waals surface area (Å²) in [6, 6.07) is 4.61. The zero-order valence-corrected chi connectivity index (χ0v) is 35.8. The van der Waals surface area contributed by atoms with Crippen molar-refractivity contribution >= 4 is 86.8 Å². The Hall–Kier alpha value is -4.70. The van der Waals surface area contributed by atoms with Crippen LogP contribution in [0.3, 0.4) is 0 Å². The van der Waals surface area contributed by atoms with E-state index in [2.05, 4.69) is 45.9 Å². The van der Waals surface area contributed by atoms with Gasteiger partial charge in [-0.15, -0.1) is 0 Å². The Bertz CT molecular complexity index is 2740. The van der Waals surface area contributed by atoms with Crippen LogP contribution < -0.4 is 16.0 Å². The van der Waals surface area contributed by atoms with Gasteiger partial charge in [-0.25, -0.2) is 36.8 Å². The summed E-state index contributed by atoms with van der Waals surface area (Å²) in [5.41, 5.74) is 6.09. The number of rotatable bonds is 13. The second kappa shape index (κ2) is 17.9. The molecule has 59 heavy (non-hydrogen) atoms. The molecule has 0 bridgehead atoms. The van der Waals surface area contributed by atoms with Crippen molar-refractivity contribution in [2.24, 2.45) is 11.8 Å². The molecule has 2 aliphatic rings. The van der Waals surface area contributed by atoms with Gasteiger partial charge in [0.05, 0.1) is 27.2 Å². The third-order valence-electron chi connectivity index (χ3n) is 10.4. The maximum absolute atomic E-state index is 12.7. The van der Waals surface area contributed by atoms with Gasteiger partial charge in [0.15, 0.2) is 0 Å².